The zero-order valence-corrected chi connectivity index (χ0v) is 9.56. The summed E-state index contributed by atoms with van der Waals surface area (Å²) in [6.45, 7) is 0. The standard InChI is InChI=1S/C14H18FN/c15-13-9-11-5-2-1-4-10(11)8-12(13)14(16)6-3-7-14/h8-9H,1-7,16H2. The molecule has 16 heavy (non-hydrogen) atoms. The van der Waals surface area contributed by atoms with E-state index in [9.17, 15) is 4.39 Å². The molecule has 0 aliphatic heterocycles. The van der Waals surface area contributed by atoms with Crippen LogP contribution in [0.2, 0.25) is 0 Å². The Bertz CT molecular complexity index is 421. The predicted molar refractivity (Wildman–Crippen MR) is 62.8 cm³/mol. The van der Waals surface area contributed by atoms with Crippen molar-refractivity contribution in [2.75, 3.05) is 0 Å². The lowest BCUT2D eigenvalue weighted by Gasteiger charge is -2.39. The minimum absolute atomic E-state index is 0.0807. The molecule has 0 aromatic heterocycles. The van der Waals surface area contributed by atoms with E-state index in [-0.39, 0.29) is 11.4 Å². The summed E-state index contributed by atoms with van der Waals surface area (Å²) in [5, 5.41) is 0. The summed E-state index contributed by atoms with van der Waals surface area (Å²) >= 11 is 0. The SMILES string of the molecule is NC1(c2cc3c(cc2F)CCCC3)CCC1. The van der Waals surface area contributed by atoms with E-state index in [2.05, 4.69) is 0 Å². The maximum absolute atomic E-state index is 14.0. The Labute approximate surface area is 95.8 Å². The molecule has 0 bridgehead atoms. The van der Waals surface area contributed by atoms with E-state index in [1.165, 1.54) is 24.0 Å². The largest absolute Gasteiger partial charge is 0.321 e. The van der Waals surface area contributed by atoms with Crippen LogP contribution in [0, 0.1) is 5.82 Å². The second kappa shape index (κ2) is 3.56. The first-order valence-electron chi connectivity index (χ1n) is 6.30. The average molecular weight is 219 g/mol. The molecule has 1 saturated carbocycles. The second-order valence-corrected chi connectivity index (χ2v) is 5.32. The van der Waals surface area contributed by atoms with Gasteiger partial charge in [0.25, 0.3) is 0 Å². The summed E-state index contributed by atoms with van der Waals surface area (Å²) in [6, 6.07) is 3.78. The number of fused-ring (bicyclic) bond motifs is 1. The van der Waals surface area contributed by atoms with Gasteiger partial charge in [0.2, 0.25) is 0 Å². The van der Waals surface area contributed by atoms with Gasteiger partial charge in [-0.1, -0.05) is 6.07 Å². The summed E-state index contributed by atoms with van der Waals surface area (Å²) in [5.74, 6) is -0.0807. The van der Waals surface area contributed by atoms with Crippen LogP contribution in [0.1, 0.15) is 48.8 Å². The molecule has 1 fully saturated rings. The van der Waals surface area contributed by atoms with Crippen LogP contribution < -0.4 is 5.73 Å². The van der Waals surface area contributed by atoms with Crippen molar-refractivity contribution in [2.24, 2.45) is 5.73 Å². The van der Waals surface area contributed by atoms with Gasteiger partial charge in [0.05, 0.1) is 0 Å². The quantitative estimate of drug-likeness (QED) is 0.772. The number of hydrogen-bond acceptors (Lipinski definition) is 1. The number of rotatable bonds is 1. The van der Waals surface area contributed by atoms with E-state index in [1.54, 1.807) is 6.07 Å². The molecule has 0 heterocycles. The highest BCUT2D eigenvalue weighted by atomic mass is 19.1. The molecular formula is C14H18FN. The maximum atomic E-state index is 14.0. The van der Waals surface area contributed by atoms with Crippen LogP contribution in [0.5, 0.6) is 0 Å². The van der Waals surface area contributed by atoms with Crippen molar-refractivity contribution in [1.29, 1.82) is 0 Å². The lowest BCUT2D eigenvalue weighted by Crippen LogP contribution is -2.44. The molecule has 0 atom stereocenters. The first kappa shape index (κ1) is 10.3. The topological polar surface area (TPSA) is 26.0 Å². The maximum Gasteiger partial charge on any atom is 0.128 e. The fourth-order valence-corrected chi connectivity index (χ4v) is 2.96. The molecule has 0 spiro atoms. The molecule has 1 aromatic carbocycles. The first-order chi connectivity index (χ1) is 7.69. The monoisotopic (exact) mass is 219 g/mol. The van der Waals surface area contributed by atoms with E-state index in [0.29, 0.717) is 0 Å². The van der Waals surface area contributed by atoms with Crippen LogP contribution in [0.25, 0.3) is 0 Å². The van der Waals surface area contributed by atoms with Gasteiger partial charge in [-0.2, -0.15) is 0 Å². The fraction of sp³-hybridized carbons (Fsp3) is 0.571. The number of nitrogens with two attached hydrogens (primary N) is 1. The molecular weight excluding hydrogens is 201 g/mol. The van der Waals surface area contributed by atoms with Gasteiger partial charge in [-0.05, 0) is 62.1 Å². The first-order valence-corrected chi connectivity index (χ1v) is 6.30. The molecule has 1 nitrogen and oxygen atoms in total. The fourth-order valence-electron chi connectivity index (χ4n) is 2.96. The molecule has 0 saturated heterocycles. The predicted octanol–water partition coefficient (Wildman–Crippen LogP) is 3.04. The van der Waals surface area contributed by atoms with E-state index < -0.39 is 0 Å². The third-order valence-corrected chi connectivity index (χ3v) is 4.21. The molecule has 2 aliphatic rings. The van der Waals surface area contributed by atoms with E-state index in [1.807, 2.05) is 6.07 Å². The minimum Gasteiger partial charge on any atom is -0.321 e. The number of benzene rings is 1. The molecule has 0 radical (unpaired) electrons. The summed E-state index contributed by atoms with van der Waals surface area (Å²) in [7, 11) is 0. The van der Waals surface area contributed by atoms with Crippen LogP contribution in [-0.2, 0) is 18.4 Å². The zero-order valence-electron chi connectivity index (χ0n) is 9.56. The Hall–Kier alpha value is -0.890. The molecule has 86 valence electrons. The summed E-state index contributed by atoms with van der Waals surface area (Å²) in [6.07, 6.45) is 7.55. The van der Waals surface area contributed by atoms with Crippen molar-refractivity contribution in [1.82, 2.24) is 0 Å². The van der Waals surface area contributed by atoms with Gasteiger partial charge in [-0.15, -0.1) is 0 Å². The molecule has 0 unspecified atom stereocenters. The zero-order chi connectivity index (χ0) is 11.2. The lowest BCUT2D eigenvalue weighted by atomic mass is 9.71. The Morgan fingerprint density at radius 2 is 1.62 bits per heavy atom. The average Bonchev–Trinajstić information content (AvgIpc) is 2.25. The van der Waals surface area contributed by atoms with Crippen molar-refractivity contribution < 1.29 is 4.39 Å². The van der Waals surface area contributed by atoms with Crippen LogP contribution in [0.15, 0.2) is 12.1 Å². The van der Waals surface area contributed by atoms with Gasteiger partial charge < -0.3 is 5.73 Å². The lowest BCUT2D eigenvalue weighted by molar-refractivity contribution is 0.245. The normalized spacial score (nSPS) is 22.4. The van der Waals surface area contributed by atoms with Gasteiger partial charge in [0, 0.05) is 11.1 Å². The highest BCUT2D eigenvalue weighted by Gasteiger charge is 2.37. The summed E-state index contributed by atoms with van der Waals surface area (Å²) in [5.41, 5.74) is 9.15. The van der Waals surface area contributed by atoms with Crippen molar-refractivity contribution >= 4 is 0 Å². The second-order valence-electron chi connectivity index (χ2n) is 5.32. The van der Waals surface area contributed by atoms with Gasteiger partial charge in [-0.25, -0.2) is 4.39 Å². The smallest absolute Gasteiger partial charge is 0.128 e. The molecule has 0 amide bonds. The molecule has 3 rings (SSSR count). The highest BCUT2D eigenvalue weighted by Crippen LogP contribution is 2.41. The van der Waals surface area contributed by atoms with Gasteiger partial charge in [0.15, 0.2) is 0 Å². The number of aryl methyl sites for hydroxylation is 2. The third-order valence-electron chi connectivity index (χ3n) is 4.21. The summed E-state index contributed by atoms with van der Waals surface area (Å²) < 4.78 is 14.0. The van der Waals surface area contributed by atoms with Crippen molar-refractivity contribution in [3.8, 4) is 0 Å². The van der Waals surface area contributed by atoms with Gasteiger partial charge in [0.1, 0.15) is 5.82 Å². The Morgan fingerprint density at radius 1 is 1.00 bits per heavy atom. The van der Waals surface area contributed by atoms with E-state index in [0.717, 1.165) is 37.7 Å². The number of halogens is 1. The molecule has 1 aromatic rings. The van der Waals surface area contributed by atoms with Crippen molar-refractivity contribution in [2.45, 2.75) is 50.5 Å². The Kier molecular flexibility index (Phi) is 2.28. The van der Waals surface area contributed by atoms with Gasteiger partial charge >= 0.3 is 0 Å². The van der Waals surface area contributed by atoms with Crippen LogP contribution in [0.3, 0.4) is 0 Å². The van der Waals surface area contributed by atoms with E-state index in [4.69, 9.17) is 5.73 Å². The third kappa shape index (κ3) is 1.47. The molecule has 2 heteroatoms. The Morgan fingerprint density at radius 3 is 2.19 bits per heavy atom. The van der Waals surface area contributed by atoms with Crippen LogP contribution in [-0.4, -0.2) is 0 Å². The van der Waals surface area contributed by atoms with Crippen molar-refractivity contribution in [3.05, 3.63) is 34.6 Å². The van der Waals surface area contributed by atoms with Crippen molar-refractivity contribution in [3.63, 3.8) is 0 Å². The summed E-state index contributed by atoms with van der Waals surface area (Å²) in [4.78, 5) is 0. The van der Waals surface area contributed by atoms with E-state index >= 15 is 0 Å². The Balaban J connectivity index is 2.05. The highest BCUT2D eigenvalue weighted by molar-refractivity contribution is 5.39. The van der Waals surface area contributed by atoms with Gasteiger partial charge in [-0.3, -0.25) is 0 Å². The number of hydrogen-bond donors (Lipinski definition) is 1. The molecule has 2 aliphatic carbocycles. The molecule has 2 N–H and O–H groups in total. The van der Waals surface area contributed by atoms with Crippen LogP contribution in [0.4, 0.5) is 4.39 Å². The van der Waals surface area contributed by atoms with Crippen LogP contribution >= 0.6 is 0 Å². The minimum atomic E-state index is -0.365.